The molecule has 1 aliphatic carbocycles. The van der Waals surface area contributed by atoms with Gasteiger partial charge < -0.3 is 11.1 Å². The van der Waals surface area contributed by atoms with Gasteiger partial charge in [0.15, 0.2) is 0 Å². The first kappa shape index (κ1) is 10.1. The molecule has 0 radical (unpaired) electrons. The molecule has 1 atom stereocenters. The van der Waals surface area contributed by atoms with Gasteiger partial charge in [-0.05, 0) is 36.3 Å². The number of pyridine rings is 1. The first-order chi connectivity index (χ1) is 7.88. The second kappa shape index (κ2) is 4.03. The van der Waals surface area contributed by atoms with E-state index in [1.165, 1.54) is 22.9 Å². The number of fused-ring (bicyclic) bond motifs is 1. The molecule has 84 valence electrons. The molecule has 1 unspecified atom stereocenters. The predicted molar refractivity (Wildman–Crippen MR) is 68.8 cm³/mol. The number of nitrogens with zero attached hydrogens (tertiary/aromatic N) is 1. The molecule has 2 aromatic heterocycles. The Bertz CT molecular complexity index is 490. The summed E-state index contributed by atoms with van der Waals surface area (Å²) in [5.41, 5.74) is 5.79. The number of nitrogens with one attached hydrogen (secondary N) is 1. The summed E-state index contributed by atoms with van der Waals surface area (Å²) in [5, 5.41) is 6.81. The fraction of sp³-hybridized carbons (Fsp3) is 0.417. The van der Waals surface area contributed by atoms with Crippen LogP contribution in [0.3, 0.4) is 0 Å². The number of aromatic nitrogens is 1. The van der Waals surface area contributed by atoms with Crippen LogP contribution in [0.2, 0.25) is 0 Å². The highest BCUT2D eigenvalue weighted by Gasteiger charge is 2.30. The topological polar surface area (TPSA) is 50.9 Å². The molecule has 2 heterocycles. The van der Waals surface area contributed by atoms with Gasteiger partial charge in [-0.15, -0.1) is 11.3 Å². The fourth-order valence-electron chi connectivity index (χ4n) is 2.05. The third-order valence-corrected chi connectivity index (χ3v) is 4.03. The Labute approximate surface area is 98.7 Å². The van der Waals surface area contributed by atoms with Gasteiger partial charge in [0, 0.05) is 28.9 Å². The molecule has 16 heavy (non-hydrogen) atoms. The van der Waals surface area contributed by atoms with E-state index in [-0.39, 0.29) is 0 Å². The first-order valence-corrected chi connectivity index (χ1v) is 6.55. The third kappa shape index (κ3) is 1.79. The summed E-state index contributed by atoms with van der Waals surface area (Å²) >= 11 is 1.75. The Morgan fingerprint density at radius 1 is 1.50 bits per heavy atom. The monoisotopic (exact) mass is 233 g/mol. The van der Waals surface area contributed by atoms with Gasteiger partial charge in [0.05, 0.1) is 0 Å². The molecule has 3 nitrogen and oxygen atoms in total. The van der Waals surface area contributed by atoms with Crippen LogP contribution >= 0.6 is 11.3 Å². The van der Waals surface area contributed by atoms with Crippen molar-refractivity contribution >= 4 is 27.2 Å². The Morgan fingerprint density at radius 3 is 3.12 bits per heavy atom. The highest BCUT2D eigenvalue weighted by Crippen LogP contribution is 2.35. The molecule has 4 heteroatoms. The second-order valence-electron chi connectivity index (χ2n) is 4.32. The number of hydrogen-bond donors (Lipinski definition) is 2. The lowest BCUT2D eigenvalue weighted by atomic mass is 10.2. The molecule has 0 amide bonds. The summed E-state index contributed by atoms with van der Waals surface area (Å²) in [6, 6.07) is 4.56. The van der Waals surface area contributed by atoms with Crippen molar-refractivity contribution in [1.29, 1.82) is 0 Å². The minimum absolute atomic E-state index is 0.387. The van der Waals surface area contributed by atoms with Crippen molar-refractivity contribution in [3.63, 3.8) is 0 Å². The highest BCUT2D eigenvalue weighted by molar-refractivity contribution is 7.17. The molecule has 2 aromatic rings. The molecule has 3 rings (SSSR count). The number of rotatable bonds is 4. The lowest BCUT2D eigenvalue weighted by Crippen LogP contribution is -2.31. The summed E-state index contributed by atoms with van der Waals surface area (Å²) < 4.78 is 1.28. The summed E-state index contributed by atoms with van der Waals surface area (Å²) in [6.07, 6.45) is 4.46. The molecular weight excluding hydrogens is 218 g/mol. The lowest BCUT2D eigenvalue weighted by Gasteiger charge is -2.17. The largest absolute Gasteiger partial charge is 0.365 e. The lowest BCUT2D eigenvalue weighted by molar-refractivity contribution is 0.643. The van der Waals surface area contributed by atoms with Crippen LogP contribution in [0.25, 0.3) is 10.1 Å². The molecule has 1 aliphatic rings. The number of anilines is 1. The van der Waals surface area contributed by atoms with E-state index in [1.54, 1.807) is 11.3 Å². The molecule has 3 N–H and O–H groups in total. The Hall–Kier alpha value is -1.13. The molecule has 0 spiro atoms. The Morgan fingerprint density at radius 2 is 2.38 bits per heavy atom. The van der Waals surface area contributed by atoms with Gasteiger partial charge in [-0.25, -0.2) is 4.98 Å². The van der Waals surface area contributed by atoms with E-state index < -0.39 is 0 Å². The van der Waals surface area contributed by atoms with E-state index in [9.17, 15) is 0 Å². The summed E-state index contributed by atoms with van der Waals surface area (Å²) in [6.45, 7) is 0.687. The Kier molecular flexibility index (Phi) is 2.53. The SMILES string of the molecule is NCC(Nc1nccc2sccc12)C1CC1. The Balaban J connectivity index is 1.89. The normalized spacial score (nSPS) is 17.6. The van der Waals surface area contributed by atoms with Crippen molar-refractivity contribution in [2.75, 3.05) is 11.9 Å². The van der Waals surface area contributed by atoms with Crippen LogP contribution in [-0.2, 0) is 0 Å². The zero-order chi connectivity index (χ0) is 11.0. The molecule has 0 aromatic carbocycles. The van der Waals surface area contributed by atoms with Crippen LogP contribution in [0.5, 0.6) is 0 Å². The van der Waals surface area contributed by atoms with Gasteiger partial charge in [0.25, 0.3) is 0 Å². The standard InChI is InChI=1S/C12H15N3S/c13-7-10(8-1-2-8)15-12-9-4-6-16-11(9)3-5-14-12/h3-6,8,10H,1-2,7,13H2,(H,14,15). The zero-order valence-corrected chi connectivity index (χ0v) is 9.83. The van der Waals surface area contributed by atoms with Crippen LogP contribution in [0.4, 0.5) is 5.82 Å². The van der Waals surface area contributed by atoms with Gasteiger partial charge >= 0.3 is 0 Å². The number of thiophene rings is 1. The first-order valence-electron chi connectivity index (χ1n) is 5.67. The van der Waals surface area contributed by atoms with Gasteiger partial charge in [-0.3, -0.25) is 0 Å². The van der Waals surface area contributed by atoms with Gasteiger partial charge in [-0.2, -0.15) is 0 Å². The fourth-order valence-corrected chi connectivity index (χ4v) is 2.84. The van der Waals surface area contributed by atoms with Crippen LogP contribution < -0.4 is 11.1 Å². The molecule has 0 aliphatic heterocycles. The van der Waals surface area contributed by atoms with E-state index in [1.807, 2.05) is 6.20 Å². The van der Waals surface area contributed by atoms with Crippen molar-refractivity contribution in [3.8, 4) is 0 Å². The van der Waals surface area contributed by atoms with Crippen molar-refractivity contribution < 1.29 is 0 Å². The highest BCUT2D eigenvalue weighted by atomic mass is 32.1. The zero-order valence-electron chi connectivity index (χ0n) is 9.02. The molecule has 1 saturated carbocycles. The van der Waals surface area contributed by atoms with Crippen LogP contribution in [0, 0.1) is 5.92 Å². The molecule has 0 saturated heterocycles. The molecule has 0 bridgehead atoms. The quantitative estimate of drug-likeness (QED) is 0.853. The van der Waals surface area contributed by atoms with Crippen molar-refractivity contribution in [2.24, 2.45) is 11.7 Å². The predicted octanol–water partition coefficient (Wildman–Crippen LogP) is 2.45. The van der Waals surface area contributed by atoms with Gasteiger partial charge in [0.1, 0.15) is 5.82 Å². The second-order valence-corrected chi connectivity index (χ2v) is 5.26. The van der Waals surface area contributed by atoms with E-state index in [2.05, 4.69) is 27.8 Å². The maximum Gasteiger partial charge on any atom is 0.134 e. The number of hydrogen-bond acceptors (Lipinski definition) is 4. The van der Waals surface area contributed by atoms with E-state index in [0.29, 0.717) is 12.6 Å². The minimum atomic E-state index is 0.387. The van der Waals surface area contributed by atoms with Crippen LogP contribution in [-0.4, -0.2) is 17.6 Å². The average molecular weight is 233 g/mol. The molecular formula is C12H15N3S. The summed E-state index contributed by atoms with van der Waals surface area (Å²) in [7, 11) is 0. The van der Waals surface area contributed by atoms with Crippen LogP contribution in [0.15, 0.2) is 23.7 Å². The van der Waals surface area contributed by atoms with E-state index in [0.717, 1.165) is 11.7 Å². The van der Waals surface area contributed by atoms with E-state index >= 15 is 0 Å². The summed E-state index contributed by atoms with van der Waals surface area (Å²) in [4.78, 5) is 4.42. The summed E-state index contributed by atoms with van der Waals surface area (Å²) in [5.74, 6) is 1.74. The van der Waals surface area contributed by atoms with Crippen molar-refractivity contribution in [2.45, 2.75) is 18.9 Å². The molecule has 1 fully saturated rings. The average Bonchev–Trinajstić information content (AvgIpc) is 3.03. The van der Waals surface area contributed by atoms with Gasteiger partial charge in [-0.1, -0.05) is 0 Å². The maximum atomic E-state index is 5.79. The smallest absolute Gasteiger partial charge is 0.134 e. The van der Waals surface area contributed by atoms with Crippen molar-refractivity contribution in [1.82, 2.24) is 4.98 Å². The van der Waals surface area contributed by atoms with E-state index in [4.69, 9.17) is 5.73 Å². The van der Waals surface area contributed by atoms with Crippen LogP contribution in [0.1, 0.15) is 12.8 Å². The minimum Gasteiger partial charge on any atom is -0.365 e. The van der Waals surface area contributed by atoms with Crippen molar-refractivity contribution in [3.05, 3.63) is 23.7 Å². The van der Waals surface area contributed by atoms with Gasteiger partial charge in [0.2, 0.25) is 0 Å². The number of nitrogens with two attached hydrogens (primary N) is 1. The maximum absolute atomic E-state index is 5.79. The third-order valence-electron chi connectivity index (χ3n) is 3.15.